The van der Waals surface area contributed by atoms with Gasteiger partial charge in [0.2, 0.25) is 11.8 Å². The Kier molecular flexibility index (Phi) is 10.0. The Bertz CT molecular complexity index is 869. The van der Waals surface area contributed by atoms with Crippen molar-refractivity contribution in [1.29, 1.82) is 0 Å². The van der Waals surface area contributed by atoms with Crippen LogP contribution in [-0.2, 0) is 22.4 Å². The summed E-state index contributed by atoms with van der Waals surface area (Å²) in [5.74, 6) is -0.156. The molecule has 6 nitrogen and oxygen atoms in total. The van der Waals surface area contributed by atoms with E-state index in [9.17, 15) is 14.7 Å². The number of hydrogen-bond acceptors (Lipinski definition) is 4. The summed E-state index contributed by atoms with van der Waals surface area (Å²) in [5, 5.41) is 10.0. The molecule has 192 valence electrons. The van der Waals surface area contributed by atoms with Crippen LogP contribution in [0.5, 0.6) is 0 Å². The Balaban J connectivity index is 2.06. The summed E-state index contributed by atoms with van der Waals surface area (Å²) < 4.78 is 0. The summed E-state index contributed by atoms with van der Waals surface area (Å²) in [6.07, 6.45) is 0.796. The average molecular weight is 482 g/mol. The van der Waals surface area contributed by atoms with Crippen molar-refractivity contribution in [3.8, 4) is 0 Å². The molecular formula is C29H43N3O3. The van der Waals surface area contributed by atoms with Gasteiger partial charge in [0.15, 0.2) is 0 Å². The maximum atomic E-state index is 13.2. The standard InChI is InChI=1S/C29H43N3O3/c1-23(33)20-32(21-26(34)30(6)28(2,3)18-24-14-10-8-11-15-24)22-27(35)31(7)29(4,5)19-25-16-12-9-13-17-25/h8-17,23,33H,18-22H2,1-7H3/t23-/m0/s1. The number of benzene rings is 2. The second-order valence-electron chi connectivity index (χ2n) is 10.9. The maximum Gasteiger partial charge on any atom is 0.236 e. The third-order valence-corrected chi connectivity index (χ3v) is 6.76. The Morgan fingerprint density at radius 3 is 1.40 bits per heavy atom. The van der Waals surface area contributed by atoms with E-state index in [4.69, 9.17) is 0 Å². The number of amides is 2. The lowest BCUT2D eigenvalue weighted by molar-refractivity contribution is -0.139. The smallest absolute Gasteiger partial charge is 0.236 e. The van der Waals surface area contributed by atoms with Crippen molar-refractivity contribution >= 4 is 11.8 Å². The monoisotopic (exact) mass is 481 g/mol. The van der Waals surface area contributed by atoms with Crippen LogP contribution in [0, 0.1) is 0 Å². The van der Waals surface area contributed by atoms with E-state index in [0.717, 1.165) is 24.0 Å². The molecule has 0 aliphatic rings. The molecule has 0 fully saturated rings. The molecule has 1 atom stereocenters. The zero-order valence-corrected chi connectivity index (χ0v) is 22.5. The lowest BCUT2D eigenvalue weighted by atomic mass is 9.93. The molecule has 0 radical (unpaired) electrons. The Morgan fingerprint density at radius 2 is 1.09 bits per heavy atom. The zero-order chi connectivity index (χ0) is 26.2. The van der Waals surface area contributed by atoms with Crippen molar-refractivity contribution in [2.45, 2.75) is 64.6 Å². The highest BCUT2D eigenvalue weighted by Crippen LogP contribution is 2.21. The van der Waals surface area contributed by atoms with Crippen LogP contribution in [0.25, 0.3) is 0 Å². The lowest BCUT2D eigenvalue weighted by Gasteiger charge is -2.39. The van der Waals surface area contributed by atoms with Gasteiger partial charge in [-0.25, -0.2) is 0 Å². The van der Waals surface area contributed by atoms with Gasteiger partial charge >= 0.3 is 0 Å². The van der Waals surface area contributed by atoms with E-state index in [-0.39, 0.29) is 31.4 Å². The molecule has 2 rings (SSSR count). The van der Waals surface area contributed by atoms with Crippen LogP contribution >= 0.6 is 0 Å². The van der Waals surface area contributed by atoms with Gasteiger partial charge in [0.1, 0.15) is 0 Å². The van der Waals surface area contributed by atoms with E-state index < -0.39 is 17.2 Å². The van der Waals surface area contributed by atoms with Gasteiger partial charge in [0.25, 0.3) is 0 Å². The summed E-state index contributed by atoms with van der Waals surface area (Å²) in [6, 6.07) is 20.2. The van der Waals surface area contributed by atoms with E-state index in [2.05, 4.69) is 24.3 Å². The molecule has 6 heteroatoms. The zero-order valence-electron chi connectivity index (χ0n) is 22.5. The minimum Gasteiger partial charge on any atom is -0.392 e. The number of carbonyl (C=O) groups is 2. The third-order valence-electron chi connectivity index (χ3n) is 6.76. The topological polar surface area (TPSA) is 64.1 Å². The second-order valence-corrected chi connectivity index (χ2v) is 10.9. The van der Waals surface area contributed by atoms with Crippen molar-refractivity contribution in [2.24, 2.45) is 0 Å². The Hall–Kier alpha value is -2.70. The van der Waals surface area contributed by atoms with Gasteiger partial charge in [0, 0.05) is 31.7 Å². The third kappa shape index (κ3) is 8.79. The van der Waals surface area contributed by atoms with Crippen LogP contribution in [0.15, 0.2) is 60.7 Å². The summed E-state index contributed by atoms with van der Waals surface area (Å²) in [4.78, 5) is 31.7. The number of likely N-dealkylation sites (N-methyl/N-ethyl adjacent to an activating group) is 2. The maximum absolute atomic E-state index is 13.2. The molecule has 1 N–H and O–H groups in total. The largest absolute Gasteiger partial charge is 0.392 e. The van der Waals surface area contributed by atoms with E-state index in [1.54, 1.807) is 21.6 Å². The fourth-order valence-corrected chi connectivity index (χ4v) is 4.26. The van der Waals surface area contributed by atoms with Crippen LogP contribution in [0.3, 0.4) is 0 Å². The summed E-state index contributed by atoms with van der Waals surface area (Å²) in [5.41, 5.74) is 1.53. The first-order valence-electron chi connectivity index (χ1n) is 12.3. The minimum absolute atomic E-state index is 0.0678. The summed E-state index contributed by atoms with van der Waals surface area (Å²) in [6.45, 7) is 10.2. The van der Waals surface area contributed by atoms with Crippen LogP contribution in [-0.4, -0.2) is 82.5 Å². The molecule has 0 aromatic heterocycles. The number of aliphatic hydroxyl groups is 1. The molecule has 2 aromatic rings. The normalized spacial score (nSPS) is 12.9. The number of carbonyl (C=O) groups excluding carboxylic acids is 2. The van der Waals surface area contributed by atoms with Gasteiger partial charge in [-0.3, -0.25) is 14.5 Å². The molecule has 0 aliphatic heterocycles. The van der Waals surface area contributed by atoms with Crippen LogP contribution in [0.4, 0.5) is 0 Å². The van der Waals surface area contributed by atoms with Gasteiger partial charge in [0.05, 0.1) is 19.2 Å². The molecule has 0 saturated carbocycles. The quantitative estimate of drug-likeness (QED) is 0.503. The average Bonchev–Trinajstić information content (AvgIpc) is 2.78. The minimum atomic E-state index is -0.652. The van der Waals surface area contributed by atoms with Gasteiger partial charge < -0.3 is 14.9 Å². The van der Waals surface area contributed by atoms with Crippen molar-refractivity contribution < 1.29 is 14.7 Å². The van der Waals surface area contributed by atoms with E-state index >= 15 is 0 Å². The molecule has 0 unspecified atom stereocenters. The van der Waals surface area contributed by atoms with Crippen molar-refractivity contribution in [3.05, 3.63) is 71.8 Å². The van der Waals surface area contributed by atoms with E-state index in [0.29, 0.717) is 0 Å². The van der Waals surface area contributed by atoms with E-state index in [1.165, 1.54) is 0 Å². The van der Waals surface area contributed by atoms with Crippen LogP contribution < -0.4 is 0 Å². The highest BCUT2D eigenvalue weighted by molar-refractivity contribution is 5.82. The molecule has 0 aliphatic carbocycles. The molecule has 2 aromatic carbocycles. The Morgan fingerprint density at radius 1 is 0.743 bits per heavy atom. The molecule has 0 spiro atoms. The van der Waals surface area contributed by atoms with Crippen LogP contribution in [0.1, 0.15) is 45.7 Å². The molecule has 0 bridgehead atoms. The molecule has 2 amide bonds. The van der Waals surface area contributed by atoms with Gasteiger partial charge in [-0.2, -0.15) is 0 Å². The van der Waals surface area contributed by atoms with Gasteiger partial charge in [-0.1, -0.05) is 60.7 Å². The fourth-order valence-electron chi connectivity index (χ4n) is 4.26. The predicted octanol–water partition coefficient (Wildman–Crippen LogP) is 3.63. The first-order valence-corrected chi connectivity index (χ1v) is 12.3. The molecule has 0 saturated heterocycles. The number of aliphatic hydroxyl groups excluding tert-OH is 1. The number of hydrogen-bond donors (Lipinski definition) is 1. The SMILES string of the molecule is C[C@H](O)CN(CC(=O)N(C)C(C)(C)Cc1ccccc1)CC(=O)N(C)C(C)(C)Cc1ccccc1. The van der Waals surface area contributed by atoms with Crippen molar-refractivity contribution in [3.63, 3.8) is 0 Å². The van der Waals surface area contributed by atoms with Gasteiger partial charge in [-0.05, 0) is 58.6 Å². The predicted molar refractivity (Wildman–Crippen MR) is 142 cm³/mol. The van der Waals surface area contributed by atoms with Crippen molar-refractivity contribution in [2.75, 3.05) is 33.7 Å². The summed E-state index contributed by atoms with van der Waals surface area (Å²) in [7, 11) is 3.62. The number of nitrogens with zero attached hydrogens (tertiary/aromatic N) is 3. The highest BCUT2D eigenvalue weighted by atomic mass is 16.3. The highest BCUT2D eigenvalue weighted by Gasteiger charge is 2.32. The lowest BCUT2D eigenvalue weighted by Crippen LogP contribution is -2.54. The fraction of sp³-hybridized carbons (Fsp3) is 0.517. The second kappa shape index (κ2) is 12.3. The van der Waals surface area contributed by atoms with Crippen molar-refractivity contribution in [1.82, 2.24) is 14.7 Å². The molecular weight excluding hydrogens is 438 g/mol. The first kappa shape index (κ1) is 28.5. The molecule has 35 heavy (non-hydrogen) atoms. The number of rotatable bonds is 12. The molecule has 0 heterocycles. The van der Waals surface area contributed by atoms with Gasteiger partial charge in [-0.15, -0.1) is 0 Å². The van der Waals surface area contributed by atoms with Crippen LogP contribution in [0.2, 0.25) is 0 Å². The van der Waals surface area contributed by atoms with E-state index in [1.807, 2.05) is 78.2 Å². The summed E-state index contributed by atoms with van der Waals surface area (Å²) >= 11 is 0. The Labute approximate surface area is 211 Å². The first-order chi connectivity index (χ1) is 16.3.